The molecule has 0 heterocycles. The third kappa shape index (κ3) is 1.36. The maximum Gasteiger partial charge on any atom is 0.311 e. The zero-order chi connectivity index (χ0) is 12.3. The lowest BCUT2D eigenvalue weighted by molar-refractivity contribution is -0.183. The molecule has 92 valence electrons. The van der Waals surface area contributed by atoms with Gasteiger partial charge in [0.1, 0.15) is 0 Å². The van der Waals surface area contributed by atoms with E-state index in [1.54, 1.807) is 0 Å². The van der Waals surface area contributed by atoms with Crippen LogP contribution in [0.4, 0.5) is 0 Å². The van der Waals surface area contributed by atoms with Crippen molar-refractivity contribution in [3.63, 3.8) is 0 Å². The van der Waals surface area contributed by atoms with Crippen molar-refractivity contribution in [3.05, 3.63) is 0 Å². The van der Waals surface area contributed by atoms with Crippen LogP contribution in [0.15, 0.2) is 0 Å². The van der Waals surface area contributed by atoms with Gasteiger partial charge in [0.25, 0.3) is 0 Å². The molecule has 4 rings (SSSR count). The molecule has 3 heteroatoms. The van der Waals surface area contributed by atoms with E-state index in [4.69, 9.17) is 4.74 Å². The molecule has 0 aliphatic heterocycles. The Morgan fingerprint density at radius 3 is 2.65 bits per heavy atom. The largest absolute Gasteiger partial charge is 0.469 e. The highest BCUT2D eigenvalue weighted by Gasteiger charge is 2.65. The highest BCUT2D eigenvalue weighted by molar-refractivity contribution is 5.77. The molecule has 3 nitrogen and oxygen atoms in total. The van der Waals surface area contributed by atoms with E-state index < -0.39 is 0 Å². The van der Waals surface area contributed by atoms with E-state index in [1.807, 2.05) is 0 Å². The van der Waals surface area contributed by atoms with Crippen LogP contribution in [0.5, 0.6) is 0 Å². The first-order chi connectivity index (χ1) is 7.95. The molecule has 4 unspecified atom stereocenters. The molecule has 0 radical (unpaired) electrons. The summed E-state index contributed by atoms with van der Waals surface area (Å²) in [5.41, 5.74) is -0.412. The van der Waals surface area contributed by atoms with E-state index in [1.165, 1.54) is 13.5 Å². The van der Waals surface area contributed by atoms with Crippen LogP contribution in [-0.2, 0) is 9.53 Å². The van der Waals surface area contributed by atoms with Gasteiger partial charge in [-0.25, -0.2) is 0 Å². The lowest BCUT2D eigenvalue weighted by Gasteiger charge is -2.62. The van der Waals surface area contributed by atoms with Crippen LogP contribution in [0, 0.1) is 33.5 Å². The second-order valence-corrected chi connectivity index (χ2v) is 6.98. The third-order valence-electron chi connectivity index (χ3n) is 5.20. The topological polar surface area (TPSA) is 50.1 Å². The summed E-state index contributed by atoms with van der Waals surface area (Å²) < 4.78 is 5.02. The first-order valence-electron chi connectivity index (χ1n) is 6.45. The fourth-order valence-electron chi connectivity index (χ4n) is 5.49. The monoisotopic (exact) mass is 233 g/mol. The van der Waals surface area contributed by atoms with Gasteiger partial charge in [0.2, 0.25) is 0 Å². The Bertz CT molecular complexity index is 426. The quantitative estimate of drug-likeness (QED) is 0.654. The minimum absolute atomic E-state index is 0.0764. The van der Waals surface area contributed by atoms with E-state index in [0.29, 0.717) is 5.92 Å². The van der Waals surface area contributed by atoms with Gasteiger partial charge in [-0.1, -0.05) is 6.92 Å². The molecule has 0 N–H and O–H groups in total. The smallest absolute Gasteiger partial charge is 0.311 e. The number of hydrogen-bond donors (Lipinski definition) is 0. The van der Waals surface area contributed by atoms with Crippen LogP contribution in [0.25, 0.3) is 0 Å². The predicted molar refractivity (Wildman–Crippen MR) is 61.8 cm³/mol. The summed E-state index contributed by atoms with van der Waals surface area (Å²) in [6.45, 7) is 2.25. The normalized spacial score (nSPS) is 51.0. The number of hydrogen-bond acceptors (Lipinski definition) is 3. The summed E-state index contributed by atoms with van der Waals surface area (Å²) in [6.07, 6.45) is 5.76. The minimum Gasteiger partial charge on any atom is -0.469 e. The molecule has 0 aromatic heterocycles. The van der Waals surface area contributed by atoms with Gasteiger partial charge < -0.3 is 4.74 Å². The van der Waals surface area contributed by atoms with Crippen molar-refractivity contribution in [2.24, 2.45) is 22.2 Å². The highest BCUT2D eigenvalue weighted by atomic mass is 16.5. The molecular formula is C14H19NO2. The molecule has 4 aliphatic carbocycles. The number of ether oxygens (including phenoxy) is 1. The van der Waals surface area contributed by atoms with Gasteiger partial charge in [-0.15, -0.1) is 0 Å². The maximum atomic E-state index is 12.1. The fraction of sp³-hybridized carbons (Fsp3) is 0.857. The summed E-state index contributed by atoms with van der Waals surface area (Å²) in [6, 6.07) is 2.53. The zero-order valence-corrected chi connectivity index (χ0v) is 10.6. The van der Waals surface area contributed by atoms with Crippen LogP contribution in [0.1, 0.15) is 45.4 Å². The SMILES string of the molecule is COC(=O)C12CC3CC(C)(CC(C#N)(C3)C1)C2. The summed E-state index contributed by atoms with van der Waals surface area (Å²) in [5, 5.41) is 9.51. The van der Waals surface area contributed by atoms with Crippen molar-refractivity contribution in [2.75, 3.05) is 7.11 Å². The van der Waals surface area contributed by atoms with Crippen molar-refractivity contribution >= 4 is 5.97 Å². The number of carbonyl (C=O) groups excluding carboxylic acids is 1. The summed E-state index contributed by atoms with van der Waals surface area (Å²) in [4.78, 5) is 12.1. The zero-order valence-electron chi connectivity index (χ0n) is 10.6. The molecule has 4 saturated carbocycles. The van der Waals surface area contributed by atoms with E-state index in [-0.39, 0.29) is 22.2 Å². The molecule has 0 spiro atoms. The Labute approximate surface area is 102 Å². The first kappa shape index (κ1) is 11.1. The summed E-state index contributed by atoms with van der Waals surface area (Å²) in [5.74, 6) is 0.474. The first-order valence-corrected chi connectivity index (χ1v) is 6.45. The minimum atomic E-state index is -0.349. The van der Waals surface area contributed by atoms with Crippen molar-refractivity contribution in [1.29, 1.82) is 5.26 Å². The van der Waals surface area contributed by atoms with Gasteiger partial charge in [0.15, 0.2) is 0 Å². The van der Waals surface area contributed by atoms with Crippen LogP contribution in [0.2, 0.25) is 0 Å². The second kappa shape index (κ2) is 3.04. The van der Waals surface area contributed by atoms with E-state index in [2.05, 4.69) is 13.0 Å². The Morgan fingerprint density at radius 2 is 2.06 bits per heavy atom. The number of methoxy groups -OCH3 is 1. The molecule has 17 heavy (non-hydrogen) atoms. The lowest BCUT2D eigenvalue weighted by Crippen LogP contribution is -2.58. The van der Waals surface area contributed by atoms with E-state index >= 15 is 0 Å². The summed E-state index contributed by atoms with van der Waals surface area (Å²) >= 11 is 0. The summed E-state index contributed by atoms with van der Waals surface area (Å²) in [7, 11) is 1.47. The molecule has 0 aromatic rings. The van der Waals surface area contributed by atoms with Gasteiger partial charge in [0, 0.05) is 0 Å². The molecule has 4 atom stereocenters. The van der Waals surface area contributed by atoms with Crippen molar-refractivity contribution < 1.29 is 9.53 Å². The Morgan fingerprint density at radius 1 is 1.29 bits per heavy atom. The van der Waals surface area contributed by atoms with E-state index in [0.717, 1.165) is 32.1 Å². The molecular weight excluding hydrogens is 214 g/mol. The molecule has 4 bridgehead atoms. The highest BCUT2D eigenvalue weighted by Crippen LogP contribution is 2.69. The molecule has 0 saturated heterocycles. The van der Waals surface area contributed by atoms with Crippen LogP contribution in [0.3, 0.4) is 0 Å². The van der Waals surface area contributed by atoms with Crippen molar-refractivity contribution in [1.82, 2.24) is 0 Å². The molecule has 4 aliphatic rings. The van der Waals surface area contributed by atoms with Gasteiger partial charge in [-0.05, 0) is 49.9 Å². The van der Waals surface area contributed by atoms with Crippen LogP contribution in [-0.4, -0.2) is 13.1 Å². The third-order valence-corrected chi connectivity index (χ3v) is 5.20. The number of esters is 1. The van der Waals surface area contributed by atoms with Gasteiger partial charge >= 0.3 is 5.97 Å². The van der Waals surface area contributed by atoms with Gasteiger partial charge in [0.05, 0.1) is 24.0 Å². The standard InChI is InChI=1S/C14H19NO2/c1-12-3-10-4-13(6-12,9-15)8-14(5-10,7-12)11(16)17-2/h10H,3-8H2,1-2H3. The van der Waals surface area contributed by atoms with Gasteiger partial charge in [-0.2, -0.15) is 5.26 Å². The van der Waals surface area contributed by atoms with Crippen LogP contribution < -0.4 is 0 Å². The maximum absolute atomic E-state index is 12.1. The Balaban J connectivity index is 2.05. The fourth-order valence-corrected chi connectivity index (χ4v) is 5.49. The second-order valence-electron chi connectivity index (χ2n) is 6.98. The number of nitrogens with zero attached hydrogens (tertiary/aromatic N) is 1. The van der Waals surface area contributed by atoms with Crippen molar-refractivity contribution in [2.45, 2.75) is 45.4 Å². The molecule has 4 fully saturated rings. The Kier molecular flexibility index (Phi) is 1.98. The Hall–Kier alpha value is -1.04. The van der Waals surface area contributed by atoms with Crippen LogP contribution >= 0.6 is 0 Å². The van der Waals surface area contributed by atoms with Crippen molar-refractivity contribution in [3.8, 4) is 6.07 Å². The van der Waals surface area contributed by atoms with E-state index in [9.17, 15) is 10.1 Å². The number of nitriles is 1. The van der Waals surface area contributed by atoms with Gasteiger partial charge in [-0.3, -0.25) is 4.79 Å². The number of rotatable bonds is 1. The average molecular weight is 233 g/mol. The predicted octanol–water partition coefficient (Wildman–Crippen LogP) is 2.66. The lowest BCUT2D eigenvalue weighted by atomic mass is 9.40. The average Bonchev–Trinajstić information content (AvgIpc) is 2.24. The molecule has 0 amide bonds. The molecule has 0 aromatic carbocycles. The number of carbonyl (C=O) groups is 1.